The molecule has 4 heteroatoms. The minimum absolute atomic E-state index is 0.152. The Bertz CT molecular complexity index is 2690. The van der Waals surface area contributed by atoms with Crippen molar-refractivity contribution in [3.63, 3.8) is 0 Å². The summed E-state index contributed by atoms with van der Waals surface area (Å²) in [4.78, 5) is 15.3. The van der Waals surface area contributed by atoms with Crippen LogP contribution in [0, 0.1) is 0 Å². The Hall–Kier alpha value is -6.91. The second-order valence-electron chi connectivity index (χ2n) is 12.6. The summed E-state index contributed by atoms with van der Waals surface area (Å²) >= 11 is 0. The lowest BCUT2D eigenvalue weighted by atomic mass is 9.92. The molecule has 240 valence electrons. The molecular formula is C47H31N3O. The molecule has 0 aliphatic rings. The molecule has 8 aromatic carbocycles. The van der Waals surface area contributed by atoms with E-state index in [1.54, 1.807) is 0 Å². The molecule has 4 nitrogen and oxygen atoms in total. The predicted molar refractivity (Wildman–Crippen MR) is 209 cm³/mol. The zero-order valence-corrected chi connectivity index (χ0v) is 27.6. The second kappa shape index (κ2) is 12.8. The molecule has 51 heavy (non-hydrogen) atoms. The summed E-state index contributed by atoms with van der Waals surface area (Å²) in [6.07, 6.45) is 0. The third-order valence-electron chi connectivity index (χ3n) is 9.39. The first-order valence-electron chi connectivity index (χ1n) is 17.0. The second-order valence-corrected chi connectivity index (χ2v) is 12.6. The Morgan fingerprint density at radius 1 is 0.314 bits per heavy atom. The monoisotopic (exact) mass is 653 g/mol. The van der Waals surface area contributed by atoms with E-state index in [0.717, 1.165) is 44.3 Å². The van der Waals surface area contributed by atoms with E-state index in [1.807, 2.05) is 84.9 Å². The highest BCUT2D eigenvalue weighted by atomic mass is 16.3. The normalized spacial score (nSPS) is 11.2. The molecule has 0 saturated heterocycles. The van der Waals surface area contributed by atoms with Crippen LogP contribution in [0.15, 0.2) is 182 Å². The maximum absolute atomic E-state index is 11.8. The van der Waals surface area contributed by atoms with Gasteiger partial charge in [0.15, 0.2) is 17.5 Å². The minimum Gasteiger partial charge on any atom is -0.507 e. The van der Waals surface area contributed by atoms with Gasteiger partial charge in [0, 0.05) is 22.3 Å². The van der Waals surface area contributed by atoms with Crippen molar-refractivity contribution in [3.05, 3.63) is 182 Å². The van der Waals surface area contributed by atoms with Crippen LogP contribution in [0.3, 0.4) is 0 Å². The van der Waals surface area contributed by atoms with Crippen molar-refractivity contribution in [1.29, 1.82) is 0 Å². The number of rotatable bonds is 6. The molecule has 0 amide bonds. The van der Waals surface area contributed by atoms with Gasteiger partial charge < -0.3 is 5.11 Å². The molecule has 0 radical (unpaired) electrons. The topological polar surface area (TPSA) is 58.9 Å². The lowest BCUT2D eigenvalue weighted by Crippen LogP contribution is -2.01. The first-order chi connectivity index (χ1) is 25.2. The van der Waals surface area contributed by atoms with Gasteiger partial charge in [0.2, 0.25) is 0 Å². The molecule has 0 bridgehead atoms. The summed E-state index contributed by atoms with van der Waals surface area (Å²) in [7, 11) is 0. The van der Waals surface area contributed by atoms with Crippen molar-refractivity contribution in [2.75, 3.05) is 0 Å². The fourth-order valence-electron chi connectivity index (χ4n) is 6.88. The van der Waals surface area contributed by atoms with Crippen LogP contribution in [-0.4, -0.2) is 20.1 Å². The van der Waals surface area contributed by atoms with E-state index in [4.69, 9.17) is 15.0 Å². The molecular weight excluding hydrogens is 623 g/mol. The Morgan fingerprint density at radius 2 is 0.863 bits per heavy atom. The molecule has 0 unspecified atom stereocenters. The van der Waals surface area contributed by atoms with Gasteiger partial charge in [-0.15, -0.1) is 0 Å². The Kier molecular flexibility index (Phi) is 7.60. The van der Waals surface area contributed by atoms with Crippen LogP contribution in [0.5, 0.6) is 5.75 Å². The van der Waals surface area contributed by atoms with Crippen LogP contribution in [0.2, 0.25) is 0 Å². The molecule has 0 atom stereocenters. The highest BCUT2D eigenvalue weighted by Crippen LogP contribution is 2.42. The lowest BCUT2D eigenvalue weighted by Gasteiger charge is -2.16. The maximum Gasteiger partial charge on any atom is 0.164 e. The first-order valence-corrected chi connectivity index (χ1v) is 17.0. The molecule has 0 aliphatic carbocycles. The van der Waals surface area contributed by atoms with Gasteiger partial charge in [-0.2, -0.15) is 0 Å². The number of aromatic hydroxyl groups is 1. The van der Waals surface area contributed by atoms with Gasteiger partial charge in [0.1, 0.15) is 5.75 Å². The number of nitrogens with zero attached hydrogens (tertiary/aromatic N) is 3. The third-order valence-corrected chi connectivity index (χ3v) is 9.39. The summed E-state index contributed by atoms with van der Waals surface area (Å²) in [5, 5.41) is 16.5. The summed E-state index contributed by atoms with van der Waals surface area (Å²) < 4.78 is 0. The van der Waals surface area contributed by atoms with E-state index in [0.29, 0.717) is 28.6 Å². The van der Waals surface area contributed by atoms with Crippen molar-refractivity contribution < 1.29 is 5.11 Å². The van der Waals surface area contributed by atoms with Crippen LogP contribution in [0.4, 0.5) is 0 Å². The van der Waals surface area contributed by atoms with Gasteiger partial charge in [0.25, 0.3) is 0 Å². The minimum atomic E-state index is 0.152. The third kappa shape index (κ3) is 5.79. The van der Waals surface area contributed by atoms with E-state index < -0.39 is 0 Å². The van der Waals surface area contributed by atoms with Crippen molar-refractivity contribution >= 4 is 21.5 Å². The van der Waals surface area contributed by atoms with Crippen molar-refractivity contribution in [3.8, 4) is 73.3 Å². The number of fused-ring (bicyclic) bond motifs is 3. The van der Waals surface area contributed by atoms with E-state index in [1.165, 1.54) is 16.2 Å². The Balaban J connectivity index is 1.27. The molecule has 9 rings (SSSR count). The zero-order chi connectivity index (χ0) is 34.1. The SMILES string of the molecule is Oc1cc(-c2cccc(-c3ccccc3)c2)cc(-c2nc(-c3ccccc3)nc(-c3ccc4c(ccc5ccccc54)c3)n2)c1-c1ccccc1. The fourth-order valence-corrected chi connectivity index (χ4v) is 6.88. The van der Waals surface area contributed by atoms with Gasteiger partial charge in [-0.05, 0) is 73.6 Å². The van der Waals surface area contributed by atoms with E-state index in [-0.39, 0.29) is 5.75 Å². The van der Waals surface area contributed by atoms with E-state index in [2.05, 4.69) is 97.1 Å². The number of phenols is 1. The Morgan fingerprint density at radius 3 is 1.61 bits per heavy atom. The molecule has 0 spiro atoms. The van der Waals surface area contributed by atoms with Crippen LogP contribution < -0.4 is 0 Å². The number of phenolic OH excluding ortho intramolecular Hbond substituents is 1. The summed E-state index contributed by atoms with van der Waals surface area (Å²) in [5.41, 5.74) is 8.08. The highest BCUT2D eigenvalue weighted by Gasteiger charge is 2.20. The molecule has 0 fully saturated rings. The average molecular weight is 654 g/mol. The summed E-state index contributed by atoms with van der Waals surface area (Å²) in [6.45, 7) is 0. The van der Waals surface area contributed by atoms with Gasteiger partial charge in [-0.1, -0.05) is 158 Å². The van der Waals surface area contributed by atoms with Gasteiger partial charge in [0.05, 0.1) is 0 Å². The first kappa shape index (κ1) is 30.2. The van der Waals surface area contributed by atoms with Crippen LogP contribution in [0.25, 0.3) is 89.1 Å². The highest BCUT2D eigenvalue weighted by molar-refractivity contribution is 6.08. The van der Waals surface area contributed by atoms with E-state index in [9.17, 15) is 5.11 Å². The molecule has 0 aliphatic heterocycles. The smallest absolute Gasteiger partial charge is 0.164 e. The molecule has 1 aromatic heterocycles. The maximum atomic E-state index is 11.8. The lowest BCUT2D eigenvalue weighted by molar-refractivity contribution is 0.477. The van der Waals surface area contributed by atoms with Crippen LogP contribution in [0.1, 0.15) is 0 Å². The number of hydrogen-bond donors (Lipinski definition) is 1. The molecule has 0 saturated carbocycles. The predicted octanol–water partition coefficient (Wildman–Crippen LogP) is 11.9. The molecule has 9 aromatic rings. The van der Waals surface area contributed by atoms with Gasteiger partial charge in [-0.25, -0.2) is 15.0 Å². The van der Waals surface area contributed by atoms with Gasteiger partial charge in [-0.3, -0.25) is 0 Å². The van der Waals surface area contributed by atoms with Crippen molar-refractivity contribution in [1.82, 2.24) is 15.0 Å². The number of hydrogen-bond acceptors (Lipinski definition) is 4. The van der Waals surface area contributed by atoms with Gasteiger partial charge >= 0.3 is 0 Å². The fraction of sp³-hybridized carbons (Fsp3) is 0. The largest absolute Gasteiger partial charge is 0.507 e. The molecule has 1 heterocycles. The van der Waals surface area contributed by atoms with Crippen LogP contribution >= 0.6 is 0 Å². The summed E-state index contributed by atoms with van der Waals surface area (Å²) in [5.74, 6) is 1.75. The Labute approximate surface area is 296 Å². The number of aromatic nitrogens is 3. The van der Waals surface area contributed by atoms with Crippen LogP contribution in [-0.2, 0) is 0 Å². The molecule has 1 N–H and O–H groups in total. The van der Waals surface area contributed by atoms with Crippen molar-refractivity contribution in [2.24, 2.45) is 0 Å². The zero-order valence-electron chi connectivity index (χ0n) is 27.6. The summed E-state index contributed by atoms with van der Waals surface area (Å²) in [6, 6.07) is 61.7. The number of benzene rings is 8. The van der Waals surface area contributed by atoms with Crippen molar-refractivity contribution in [2.45, 2.75) is 0 Å². The quantitative estimate of drug-likeness (QED) is 0.181. The van der Waals surface area contributed by atoms with E-state index >= 15 is 0 Å². The average Bonchev–Trinajstić information content (AvgIpc) is 3.21. The standard InChI is InChI=1S/C47H31N3O/c51-43-30-39(36-21-12-20-35(27-36)31-13-4-1-5-14-31)29-42(44(43)33-16-6-2-7-17-33)47-49-45(34-18-8-3-9-19-34)48-46(50-47)38-25-26-41-37(28-38)24-23-32-15-10-11-22-40(32)41/h1-30,51H.